The van der Waals surface area contributed by atoms with Gasteiger partial charge >= 0.3 is 6.18 Å². The van der Waals surface area contributed by atoms with Crippen LogP contribution in [0.4, 0.5) is 13.2 Å². The number of aliphatic hydroxyl groups is 1. The molecule has 0 saturated heterocycles. The van der Waals surface area contributed by atoms with Gasteiger partial charge < -0.3 is 10.1 Å². The molecule has 0 atom stereocenters. The van der Waals surface area contributed by atoms with Crippen molar-refractivity contribution in [1.82, 2.24) is 14.9 Å². The predicted molar refractivity (Wildman–Crippen MR) is 71.2 cm³/mol. The molecular formula is C14H16F3N3O. The van der Waals surface area contributed by atoms with Crippen molar-refractivity contribution in [2.45, 2.75) is 19.3 Å². The van der Waals surface area contributed by atoms with Crippen molar-refractivity contribution in [3.63, 3.8) is 0 Å². The van der Waals surface area contributed by atoms with Crippen LogP contribution in [0.5, 0.6) is 0 Å². The molecule has 2 aromatic rings. The van der Waals surface area contributed by atoms with Crippen molar-refractivity contribution in [1.29, 1.82) is 0 Å². The van der Waals surface area contributed by atoms with Gasteiger partial charge in [0.2, 0.25) is 0 Å². The second-order valence-corrected chi connectivity index (χ2v) is 4.67. The van der Waals surface area contributed by atoms with E-state index in [1.54, 1.807) is 18.5 Å². The Labute approximate surface area is 120 Å². The SMILES string of the molecule is OCCN(Cc1cccc(C(F)(F)F)c1)Cc1ncc[nH]1. The van der Waals surface area contributed by atoms with E-state index in [0.717, 1.165) is 12.1 Å². The molecule has 0 aliphatic rings. The lowest BCUT2D eigenvalue weighted by Gasteiger charge is -2.20. The van der Waals surface area contributed by atoms with Crippen LogP contribution in [0.25, 0.3) is 0 Å². The van der Waals surface area contributed by atoms with Crippen LogP contribution in [-0.4, -0.2) is 33.1 Å². The summed E-state index contributed by atoms with van der Waals surface area (Å²) >= 11 is 0. The molecule has 0 bridgehead atoms. The third kappa shape index (κ3) is 4.57. The van der Waals surface area contributed by atoms with E-state index in [4.69, 9.17) is 5.11 Å². The molecule has 7 heteroatoms. The second kappa shape index (κ2) is 6.73. The van der Waals surface area contributed by atoms with Crippen molar-refractivity contribution >= 4 is 0 Å². The monoisotopic (exact) mass is 299 g/mol. The molecular weight excluding hydrogens is 283 g/mol. The lowest BCUT2D eigenvalue weighted by molar-refractivity contribution is -0.137. The van der Waals surface area contributed by atoms with Gasteiger partial charge in [-0.2, -0.15) is 13.2 Å². The number of aliphatic hydroxyl groups excluding tert-OH is 1. The molecule has 0 aliphatic carbocycles. The standard InChI is InChI=1S/C14H16F3N3O/c15-14(16,17)12-3-1-2-11(8-12)9-20(6-7-21)10-13-18-4-5-19-13/h1-5,8,21H,6-7,9-10H2,(H,18,19). The topological polar surface area (TPSA) is 52.1 Å². The molecule has 21 heavy (non-hydrogen) atoms. The highest BCUT2D eigenvalue weighted by molar-refractivity contribution is 5.25. The van der Waals surface area contributed by atoms with E-state index >= 15 is 0 Å². The maximum atomic E-state index is 12.7. The molecule has 0 amide bonds. The largest absolute Gasteiger partial charge is 0.416 e. The van der Waals surface area contributed by atoms with Crippen LogP contribution in [0.2, 0.25) is 0 Å². The summed E-state index contributed by atoms with van der Waals surface area (Å²) in [6.45, 7) is 1.03. The summed E-state index contributed by atoms with van der Waals surface area (Å²) in [5, 5.41) is 9.07. The number of alkyl halides is 3. The van der Waals surface area contributed by atoms with E-state index in [2.05, 4.69) is 9.97 Å². The summed E-state index contributed by atoms with van der Waals surface area (Å²) in [5.74, 6) is 0.704. The third-order valence-corrected chi connectivity index (χ3v) is 3.00. The number of imidazole rings is 1. The predicted octanol–water partition coefficient (Wildman–Crippen LogP) is 2.42. The molecule has 0 radical (unpaired) electrons. The van der Waals surface area contributed by atoms with Crippen molar-refractivity contribution < 1.29 is 18.3 Å². The van der Waals surface area contributed by atoms with Gasteiger partial charge in [-0.05, 0) is 11.6 Å². The highest BCUT2D eigenvalue weighted by Gasteiger charge is 2.30. The average Bonchev–Trinajstić information content (AvgIpc) is 2.91. The first-order valence-electron chi connectivity index (χ1n) is 6.46. The number of halogens is 3. The summed E-state index contributed by atoms with van der Waals surface area (Å²) < 4.78 is 38.1. The first-order valence-corrected chi connectivity index (χ1v) is 6.46. The lowest BCUT2D eigenvalue weighted by Crippen LogP contribution is -2.26. The molecule has 0 spiro atoms. The number of H-pyrrole nitrogens is 1. The number of aromatic nitrogens is 2. The molecule has 1 aromatic carbocycles. The second-order valence-electron chi connectivity index (χ2n) is 4.67. The van der Waals surface area contributed by atoms with Crippen molar-refractivity contribution in [2.24, 2.45) is 0 Å². The van der Waals surface area contributed by atoms with E-state index in [1.807, 2.05) is 4.90 Å². The summed E-state index contributed by atoms with van der Waals surface area (Å²) in [4.78, 5) is 8.84. The van der Waals surface area contributed by atoms with Crippen LogP contribution in [-0.2, 0) is 19.3 Å². The van der Waals surface area contributed by atoms with E-state index in [-0.39, 0.29) is 6.61 Å². The van der Waals surface area contributed by atoms with Gasteiger partial charge in [0.1, 0.15) is 5.82 Å². The molecule has 0 unspecified atom stereocenters. The van der Waals surface area contributed by atoms with Gasteiger partial charge in [0.25, 0.3) is 0 Å². The number of hydrogen-bond donors (Lipinski definition) is 2. The zero-order valence-electron chi connectivity index (χ0n) is 11.3. The first-order chi connectivity index (χ1) is 9.99. The molecule has 2 rings (SSSR count). The smallest absolute Gasteiger partial charge is 0.395 e. The van der Waals surface area contributed by atoms with E-state index in [0.29, 0.717) is 31.0 Å². The van der Waals surface area contributed by atoms with Crippen LogP contribution < -0.4 is 0 Å². The molecule has 2 N–H and O–H groups in total. The van der Waals surface area contributed by atoms with E-state index in [9.17, 15) is 13.2 Å². The fraction of sp³-hybridized carbons (Fsp3) is 0.357. The third-order valence-electron chi connectivity index (χ3n) is 3.00. The Kier molecular flexibility index (Phi) is 4.98. The molecule has 0 saturated carbocycles. The fourth-order valence-electron chi connectivity index (χ4n) is 2.06. The quantitative estimate of drug-likeness (QED) is 0.861. The van der Waals surface area contributed by atoms with E-state index in [1.165, 1.54) is 6.07 Å². The van der Waals surface area contributed by atoms with Gasteiger partial charge in [0, 0.05) is 25.5 Å². The molecule has 114 valence electrons. The van der Waals surface area contributed by atoms with Crippen LogP contribution in [0.1, 0.15) is 17.0 Å². The highest BCUT2D eigenvalue weighted by atomic mass is 19.4. The Balaban J connectivity index is 2.09. The molecule has 1 heterocycles. The fourth-order valence-corrected chi connectivity index (χ4v) is 2.06. The minimum absolute atomic E-state index is 0.0698. The van der Waals surface area contributed by atoms with Crippen molar-refractivity contribution in [2.75, 3.05) is 13.2 Å². The molecule has 4 nitrogen and oxygen atoms in total. The van der Waals surface area contributed by atoms with Crippen LogP contribution >= 0.6 is 0 Å². The Morgan fingerprint density at radius 1 is 1.24 bits per heavy atom. The van der Waals surface area contributed by atoms with E-state index < -0.39 is 11.7 Å². The van der Waals surface area contributed by atoms with Crippen LogP contribution in [0, 0.1) is 0 Å². The van der Waals surface area contributed by atoms with Crippen LogP contribution in [0.15, 0.2) is 36.7 Å². The van der Waals surface area contributed by atoms with Crippen LogP contribution in [0.3, 0.4) is 0 Å². The zero-order chi connectivity index (χ0) is 15.3. The van der Waals surface area contributed by atoms with Gasteiger partial charge in [-0.15, -0.1) is 0 Å². The Morgan fingerprint density at radius 3 is 2.67 bits per heavy atom. The van der Waals surface area contributed by atoms with Gasteiger partial charge in [-0.1, -0.05) is 18.2 Å². The summed E-state index contributed by atoms with van der Waals surface area (Å²) in [6, 6.07) is 5.21. The molecule has 0 fully saturated rings. The molecule has 0 aliphatic heterocycles. The maximum absolute atomic E-state index is 12.7. The number of nitrogens with zero attached hydrogens (tertiary/aromatic N) is 2. The normalized spacial score (nSPS) is 12.0. The number of aromatic amines is 1. The number of hydrogen-bond acceptors (Lipinski definition) is 3. The number of rotatable bonds is 6. The summed E-state index contributed by atoms with van der Waals surface area (Å²) in [7, 11) is 0. The van der Waals surface area contributed by atoms with Gasteiger partial charge in [0.05, 0.1) is 18.7 Å². The minimum atomic E-state index is -4.35. The maximum Gasteiger partial charge on any atom is 0.416 e. The minimum Gasteiger partial charge on any atom is -0.395 e. The molecule has 1 aromatic heterocycles. The zero-order valence-corrected chi connectivity index (χ0v) is 11.3. The number of nitrogens with one attached hydrogen (secondary N) is 1. The van der Waals surface area contributed by atoms with Crippen molar-refractivity contribution in [3.05, 3.63) is 53.6 Å². The highest BCUT2D eigenvalue weighted by Crippen LogP contribution is 2.29. The number of benzene rings is 1. The van der Waals surface area contributed by atoms with Gasteiger partial charge in [-0.3, -0.25) is 4.90 Å². The first kappa shape index (κ1) is 15.5. The van der Waals surface area contributed by atoms with Gasteiger partial charge in [0.15, 0.2) is 0 Å². The van der Waals surface area contributed by atoms with Gasteiger partial charge in [-0.25, -0.2) is 4.98 Å². The lowest BCUT2D eigenvalue weighted by atomic mass is 10.1. The Hall–Kier alpha value is -1.86. The summed E-state index contributed by atoms with van der Waals surface area (Å²) in [6.07, 6.45) is -1.06. The Morgan fingerprint density at radius 2 is 2.05 bits per heavy atom. The summed E-state index contributed by atoms with van der Waals surface area (Å²) in [5.41, 5.74) is -0.119. The Bertz CT molecular complexity index is 555. The average molecular weight is 299 g/mol. The van der Waals surface area contributed by atoms with Crippen molar-refractivity contribution in [3.8, 4) is 0 Å².